The highest BCUT2D eigenvalue weighted by Gasteiger charge is 2.60. The summed E-state index contributed by atoms with van der Waals surface area (Å²) < 4.78 is 11.2. The number of fused-ring (bicyclic) bond motifs is 5. The van der Waals surface area contributed by atoms with Crippen LogP contribution < -0.4 is 4.74 Å². The fraction of sp³-hybridized carbons (Fsp3) is 0.763. The van der Waals surface area contributed by atoms with Crippen molar-refractivity contribution >= 4 is 12.0 Å². The van der Waals surface area contributed by atoms with Crippen LogP contribution in [0.4, 0.5) is 0 Å². The standard InChI is InChI=1S/C38H58O4/c1-24(2)25(3)8-9-26(4)31-14-15-32-30-13-12-28-23-29(18-20-37(28,5)33(30)19-21-38(31,32)6)42-36(40)17-11-27-10-16-34(39)35(22-27)41-7/h10-11,16-17,22,24-26,28-33,39H,8-9,12-15,18-21,23H2,1-7H3/b17-11-/t25-,26+,28-,29-,30-,31+,32-,33-,37-,38+/m0/s1. The summed E-state index contributed by atoms with van der Waals surface area (Å²) in [6.07, 6.45) is 17.6. The van der Waals surface area contributed by atoms with E-state index in [-0.39, 0.29) is 17.8 Å². The SMILES string of the molecule is COc1cc(/C=C\C(=O)O[C@H]2CC[C@@]3(C)[C@@H](CC[C@@H]4[C@@H]3CC[C@]3(C)[C@@H]([C@H](C)CC[C@H](C)C(C)C)CC[C@@H]43)C2)ccc1O. The van der Waals surface area contributed by atoms with Gasteiger partial charge in [-0.1, -0.05) is 60.5 Å². The molecule has 4 aliphatic rings. The van der Waals surface area contributed by atoms with E-state index >= 15 is 0 Å². The Morgan fingerprint density at radius 1 is 0.976 bits per heavy atom. The molecule has 42 heavy (non-hydrogen) atoms. The summed E-state index contributed by atoms with van der Waals surface area (Å²) in [6.45, 7) is 15.1. The minimum atomic E-state index is -0.272. The Bertz CT molecular complexity index is 1120. The fourth-order valence-corrected chi connectivity index (χ4v) is 10.5. The van der Waals surface area contributed by atoms with Gasteiger partial charge in [-0.05, 0) is 140 Å². The molecule has 0 bridgehead atoms. The molecule has 234 valence electrons. The maximum Gasteiger partial charge on any atom is 0.331 e. The minimum Gasteiger partial charge on any atom is -0.504 e. The lowest BCUT2D eigenvalue weighted by Gasteiger charge is -2.61. The van der Waals surface area contributed by atoms with Crippen molar-refractivity contribution < 1.29 is 19.4 Å². The van der Waals surface area contributed by atoms with Crippen LogP contribution in [-0.4, -0.2) is 24.3 Å². The van der Waals surface area contributed by atoms with E-state index in [4.69, 9.17) is 9.47 Å². The van der Waals surface area contributed by atoms with Crippen molar-refractivity contribution in [3.05, 3.63) is 29.8 Å². The lowest BCUT2D eigenvalue weighted by molar-refractivity contribution is -0.157. The van der Waals surface area contributed by atoms with Gasteiger partial charge in [-0.3, -0.25) is 0 Å². The number of benzene rings is 1. The van der Waals surface area contributed by atoms with Crippen molar-refractivity contribution in [1.29, 1.82) is 0 Å². The summed E-state index contributed by atoms with van der Waals surface area (Å²) in [6, 6.07) is 5.07. The average Bonchev–Trinajstić information content (AvgIpc) is 3.32. The number of rotatable bonds is 9. The Kier molecular flexibility index (Phi) is 9.41. The molecule has 1 N–H and O–H groups in total. The molecular weight excluding hydrogens is 520 g/mol. The molecule has 0 saturated heterocycles. The van der Waals surface area contributed by atoms with Crippen molar-refractivity contribution in [1.82, 2.24) is 0 Å². The smallest absolute Gasteiger partial charge is 0.331 e. The average molecular weight is 579 g/mol. The van der Waals surface area contributed by atoms with Crippen LogP contribution in [0.3, 0.4) is 0 Å². The monoisotopic (exact) mass is 578 g/mol. The van der Waals surface area contributed by atoms with E-state index in [9.17, 15) is 9.90 Å². The molecule has 0 aliphatic heterocycles. The van der Waals surface area contributed by atoms with Gasteiger partial charge < -0.3 is 14.6 Å². The van der Waals surface area contributed by atoms with Gasteiger partial charge >= 0.3 is 5.97 Å². The number of hydrogen-bond donors (Lipinski definition) is 1. The molecule has 5 rings (SSSR count). The molecule has 0 spiro atoms. The highest BCUT2D eigenvalue weighted by Crippen LogP contribution is 2.68. The summed E-state index contributed by atoms with van der Waals surface area (Å²) in [5.41, 5.74) is 1.72. The third-order valence-electron chi connectivity index (χ3n) is 13.5. The fourth-order valence-electron chi connectivity index (χ4n) is 10.5. The van der Waals surface area contributed by atoms with Gasteiger partial charge in [-0.2, -0.15) is 0 Å². The van der Waals surface area contributed by atoms with E-state index in [0.29, 0.717) is 22.5 Å². The molecule has 0 radical (unpaired) electrons. The second-order valence-corrected chi connectivity index (χ2v) is 15.8. The van der Waals surface area contributed by atoms with Gasteiger partial charge in [0.15, 0.2) is 11.5 Å². The summed E-state index contributed by atoms with van der Waals surface area (Å²) in [5.74, 6) is 6.88. The molecule has 4 fully saturated rings. The van der Waals surface area contributed by atoms with Crippen LogP contribution in [0.2, 0.25) is 0 Å². The second kappa shape index (κ2) is 12.6. The number of methoxy groups -OCH3 is 1. The van der Waals surface area contributed by atoms with Gasteiger partial charge in [0.2, 0.25) is 0 Å². The number of phenolic OH excluding ortho intramolecular Hbond substituents is 1. The topological polar surface area (TPSA) is 55.8 Å². The Morgan fingerprint density at radius 2 is 1.71 bits per heavy atom. The Labute approximate surface area is 256 Å². The zero-order chi connectivity index (χ0) is 30.2. The zero-order valence-corrected chi connectivity index (χ0v) is 27.5. The molecule has 0 unspecified atom stereocenters. The van der Waals surface area contributed by atoms with Crippen LogP contribution in [0, 0.1) is 58.2 Å². The number of carbonyl (C=O) groups excluding carboxylic acids is 1. The Hall–Kier alpha value is -1.97. The summed E-state index contributed by atoms with van der Waals surface area (Å²) >= 11 is 0. The van der Waals surface area contributed by atoms with Gasteiger partial charge in [-0.15, -0.1) is 0 Å². The maximum atomic E-state index is 12.7. The third-order valence-corrected chi connectivity index (χ3v) is 13.5. The van der Waals surface area contributed by atoms with E-state index in [0.717, 1.165) is 59.8 Å². The molecule has 4 saturated carbocycles. The van der Waals surface area contributed by atoms with E-state index in [1.54, 1.807) is 24.3 Å². The molecule has 0 aromatic heterocycles. The van der Waals surface area contributed by atoms with Gasteiger partial charge in [0.25, 0.3) is 0 Å². The number of phenols is 1. The molecule has 1 aromatic rings. The van der Waals surface area contributed by atoms with Gasteiger partial charge in [0.1, 0.15) is 6.10 Å². The number of esters is 1. The van der Waals surface area contributed by atoms with Crippen LogP contribution in [0.15, 0.2) is 24.3 Å². The first-order valence-corrected chi connectivity index (χ1v) is 17.2. The van der Waals surface area contributed by atoms with E-state index in [1.807, 2.05) is 0 Å². The first-order chi connectivity index (χ1) is 20.0. The summed E-state index contributed by atoms with van der Waals surface area (Å²) in [5, 5.41) is 9.82. The summed E-state index contributed by atoms with van der Waals surface area (Å²) in [4.78, 5) is 12.7. The van der Waals surface area contributed by atoms with Crippen molar-refractivity contribution in [2.24, 2.45) is 58.2 Å². The van der Waals surface area contributed by atoms with Crippen molar-refractivity contribution in [2.45, 2.75) is 118 Å². The third kappa shape index (κ3) is 6.03. The molecule has 4 nitrogen and oxygen atoms in total. The molecular formula is C38H58O4. The van der Waals surface area contributed by atoms with Gasteiger partial charge in [0.05, 0.1) is 7.11 Å². The Balaban J connectivity index is 1.18. The van der Waals surface area contributed by atoms with Crippen molar-refractivity contribution in [3.63, 3.8) is 0 Å². The highest BCUT2D eigenvalue weighted by molar-refractivity contribution is 5.87. The predicted molar refractivity (Wildman–Crippen MR) is 171 cm³/mol. The minimum absolute atomic E-state index is 0.0185. The lowest BCUT2D eigenvalue weighted by Crippen LogP contribution is -2.54. The van der Waals surface area contributed by atoms with Crippen LogP contribution in [0.25, 0.3) is 6.08 Å². The first-order valence-electron chi connectivity index (χ1n) is 17.2. The lowest BCUT2D eigenvalue weighted by atomic mass is 9.44. The normalized spacial score (nSPS) is 37.5. The van der Waals surface area contributed by atoms with Crippen LogP contribution in [0.5, 0.6) is 11.5 Å². The van der Waals surface area contributed by atoms with Crippen molar-refractivity contribution in [3.8, 4) is 11.5 Å². The van der Waals surface area contributed by atoms with Crippen LogP contribution in [-0.2, 0) is 9.53 Å². The second-order valence-electron chi connectivity index (χ2n) is 15.8. The largest absolute Gasteiger partial charge is 0.504 e. The van der Waals surface area contributed by atoms with E-state index < -0.39 is 0 Å². The number of aromatic hydroxyl groups is 1. The molecule has 0 amide bonds. The number of carbonyl (C=O) groups is 1. The van der Waals surface area contributed by atoms with Crippen LogP contribution in [0.1, 0.15) is 118 Å². The van der Waals surface area contributed by atoms with Crippen molar-refractivity contribution in [2.75, 3.05) is 7.11 Å². The highest BCUT2D eigenvalue weighted by atomic mass is 16.5. The quantitative estimate of drug-likeness (QED) is 0.234. The number of hydrogen-bond acceptors (Lipinski definition) is 4. The van der Waals surface area contributed by atoms with Crippen LogP contribution >= 0.6 is 0 Å². The first kappa shape index (κ1) is 31.5. The van der Waals surface area contributed by atoms with E-state index in [2.05, 4.69) is 41.5 Å². The predicted octanol–water partition coefficient (Wildman–Crippen LogP) is 9.69. The molecule has 1 aromatic carbocycles. The molecule has 4 aliphatic carbocycles. The van der Waals surface area contributed by atoms with E-state index in [1.165, 1.54) is 71.0 Å². The maximum absolute atomic E-state index is 12.7. The van der Waals surface area contributed by atoms with Gasteiger partial charge in [0, 0.05) is 6.08 Å². The zero-order valence-electron chi connectivity index (χ0n) is 27.5. The Morgan fingerprint density at radius 3 is 2.45 bits per heavy atom. The summed E-state index contributed by atoms with van der Waals surface area (Å²) in [7, 11) is 1.52. The molecule has 10 atom stereocenters. The molecule has 4 heteroatoms. The number of ether oxygens (including phenoxy) is 2. The molecule has 0 heterocycles. The van der Waals surface area contributed by atoms with Gasteiger partial charge in [-0.25, -0.2) is 4.79 Å².